The van der Waals surface area contributed by atoms with Crippen molar-refractivity contribution in [1.82, 2.24) is 15.1 Å². The van der Waals surface area contributed by atoms with Gasteiger partial charge in [-0.3, -0.25) is 9.89 Å². The maximum absolute atomic E-state index is 14.5. The fourth-order valence-corrected chi connectivity index (χ4v) is 12.1. The lowest BCUT2D eigenvalue weighted by atomic mass is 9.33. The number of carbonyl (C=O) groups excluding carboxylic acids is 1. The lowest BCUT2D eigenvalue weighted by Crippen LogP contribution is -2.66. The Kier molecular flexibility index (Phi) is 6.94. The third-order valence-electron chi connectivity index (χ3n) is 14.5. The molecule has 228 valence electrons. The monoisotopic (exact) mass is 565 g/mol. The Hall–Kier alpha value is -1.66. The van der Waals surface area contributed by atoms with Crippen LogP contribution in [0.3, 0.4) is 0 Å². The molecule has 3 N–H and O–H groups in total. The number of allylic oxidation sites excluding steroid dienone is 2. The second kappa shape index (κ2) is 9.67. The molecule has 0 radical (unpaired) electrons. The number of aromatic amines is 1. The van der Waals surface area contributed by atoms with Crippen LogP contribution in [0.15, 0.2) is 17.8 Å². The fourth-order valence-electron chi connectivity index (χ4n) is 12.1. The first-order chi connectivity index (χ1) is 19.3. The van der Waals surface area contributed by atoms with Crippen LogP contribution in [-0.4, -0.2) is 57.5 Å². The summed E-state index contributed by atoms with van der Waals surface area (Å²) < 4.78 is 0. The van der Waals surface area contributed by atoms with Crippen LogP contribution in [0.2, 0.25) is 0 Å². The molecule has 41 heavy (non-hydrogen) atoms. The van der Waals surface area contributed by atoms with Gasteiger partial charge < -0.3 is 15.1 Å². The molecular formula is C35H55N3O3. The zero-order valence-corrected chi connectivity index (χ0v) is 26.7. The molecule has 3 fully saturated rings. The Morgan fingerprint density at radius 3 is 2.39 bits per heavy atom. The zero-order chi connectivity index (χ0) is 29.6. The number of rotatable bonds is 5. The summed E-state index contributed by atoms with van der Waals surface area (Å²) >= 11 is 0. The van der Waals surface area contributed by atoms with Gasteiger partial charge in [0.2, 0.25) is 5.91 Å². The number of aromatic nitrogens is 2. The predicted molar refractivity (Wildman–Crippen MR) is 162 cm³/mol. The number of aliphatic hydroxyl groups is 2. The number of H-pyrrole nitrogens is 1. The average Bonchev–Trinajstić information content (AvgIpc) is 3.39. The van der Waals surface area contributed by atoms with Crippen LogP contribution in [0.4, 0.5) is 0 Å². The summed E-state index contributed by atoms with van der Waals surface area (Å²) in [4.78, 5) is 16.3. The summed E-state index contributed by atoms with van der Waals surface area (Å²) in [7, 11) is 0. The van der Waals surface area contributed by atoms with Crippen molar-refractivity contribution in [3.05, 3.63) is 29.1 Å². The van der Waals surface area contributed by atoms with E-state index in [1.165, 1.54) is 24.1 Å². The van der Waals surface area contributed by atoms with Crippen molar-refractivity contribution < 1.29 is 15.0 Å². The first kappa shape index (κ1) is 29.4. The van der Waals surface area contributed by atoms with Gasteiger partial charge in [-0.05, 0) is 103 Å². The maximum atomic E-state index is 14.5. The molecule has 0 aromatic carbocycles. The molecule has 0 saturated heterocycles. The highest BCUT2D eigenvalue weighted by Gasteiger charge is 2.69. The number of hydrogen-bond donors (Lipinski definition) is 3. The number of nitrogens with one attached hydrogen (secondary N) is 1. The first-order valence-corrected chi connectivity index (χ1v) is 16.6. The van der Waals surface area contributed by atoms with E-state index in [-0.39, 0.29) is 46.7 Å². The maximum Gasteiger partial charge on any atom is 0.229 e. The molecule has 1 heterocycles. The fraction of sp³-hybridized carbons (Fsp3) is 0.829. The van der Waals surface area contributed by atoms with E-state index >= 15 is 0 Å². The molecule has 0 aliphatic heterocycles. The molecule has 6 rings (SSSR count). The second-order valence-electron chi connectivity index (χ2n) is 16.2. The van der Waals surface area contributed by atoms with Crippen molar-refractivity contribution in [1.29, 1.82) is 0 Å². The molecule has 0 bridgehead atoms. The molecule has 1 aromatic heterocycles. The van der Waals surface area contributed by atoms with Gasteiger partial charge in [0, 0.05) is 24.2 Å². The summed E-state index contributed by atoms with van der Waals surface area (Å²) in [5.41, 5.74) is 4.42. The van der Waals surface area contributed by atoms with Gasteiger partial charge in [0.25, 0.3) is 0 Å². The van der Waals surface area contributed by atoms with Gasteiger partial charge in [-0.25, -0.2) is 0 Å². The molecule has 5 aliphatic rings. The largest absolute Gasteiger partial charge is 0.395 e. The van der Waals surface area contributed by atoms with E-state index < -0.39 is 5.41 Å². The van der Waals surface area contributed by atoms with E-state index in [1.807, 2.05) is 0 Å². The third-order valence-corrected chi connectivity index (χ3v) is 14.5. The normalized spacial score (nSPS) is 44.4. The molecule has 9 atom stereocenters. The Morgan fingerprint density at radius 1 is 1.00 bits per heavy atom. The number of fused-ring (bicyclic) bond motifs is 8. The van der Waals surface area contributed by atoms with Crippen LogP contribution < -0.4 is 0 Å². The van der Waals surface area contributed by atoms with Crippen molar-refractivity contribution in [2.45, 2.75) is 105 Å². The van der Waals surface area contributed by atoms with E-state index in [0.717, 1.165) is 38.5 Å². The number of nitrogens with zero attached hydrogens (tertiary/aromatic N) is 2. The van der Waals surface area contributed by atoms with Gasteiger partial charge in [-0.2, -0.15) is 5.10 Å². The molecule has 0 unspecified atom stereocenters. The van der Waals surface area contributed by atoms with E-state index in [9.17, 15) is 15.0 Å². The van der Waals surface area contributed by atoms with E-state index in [0.29, 0.717) is 36.8 Å². The summed E-state index contributed by atoms with van der Waals surface area (Å²) in [6.45, 7) is 18.0. The van der Waals surface area contributed by atoms with E-state index in [1.54, 1.807) is 10.5 Å². The highest BCUT2D eigenvalue weighted by Crippen LogP contribution is 2.75. The third kappa shape index (κ3) is 3.74. The molecule has 5 aliphatic carbocycles. The lowest BCUT2D eigenvalue weighted by molar-refractivity contribution is -0.175. The Morgan fingerprint density at radius 2 is 1.71 bits per heavy atom. The molecule has 1 aromatic rings. The van der Waals surface area contributed by atoms with Crippen LogP contribution in [0.25, 0.3) is 0 Å². The minimum absolute atomic E-state index is 0.0588. The lowest BCUT2D eigenvalue weighted by Gasteiger charge is -2.71. The Labute approximate surface area is 247 Å². The van der Waals surface area contributed by atoms with E-state index in [2.05, 4.69) is 70.9 Å². The van der Waals surface area contributed by atoms with Gasteiger partial charge in [0.15, 0.2) is 0 Å². The van der Waals surface area contributed by atoms with Gasteiger partial charge in [0.1, 0.15) is 0 Å². The Bertz CT molecular complexity index is 1210. The predicted octanol–water partition coefficient (Wildman–Crippen LogP) is 5.89. The van der Waals surface area contributed by atoms with Crippen LogP contribution in [0.5, 0.6) is 0 Å². The second-order valence-corrected chi connectivity index (χ2v) is 16.2. The SMILES string of the molecule is C[C@H]1[C@H](C)CC[C@]2(C(=O)N(CCO)CCO)CC[C@]3(C)C(=CC[C@@H]4[C@@]5(C)Cc6cn[nH]c6C(C)(C)[C@@H]5CC[C@]43C)[C@H]12. The minimum Gasteiger partial charge on any atom is -0.395 e. The van der Waals surface area contributed by atoms with Crippen molar-refractivity contribution >= 4 is 5.91 Å². The highest BCUT2D eigenvalue weighted by molar-refractivity contribution is 5.84. The molecule has 0 spiro atoms. The van der Waals surface area contributed by atoms with Gasteiger partial charge in [-0.1, -0.05) is 60.1 Å². The number of hydrogen-bond acceptors (Lipinski definition) is 4. The van der Waals surface area contributed by atoms with Gasteiger partial charge in [0.05, 0.1) is 24.8 Å². The smallest absolute Gasteiger partial charge is 0.229 e. The molecule has 3 saturated carbocycles. The average molecular weight is 566 g/mol. The number of aliphatic hydroxyl groups excluding tert-OH is 2. The topological polar surface area (TPSA) is 89.5 Å². The summed E-state index contributed by atoms with van der Waals surface area (Å²) in [6.07, 6.45) is 13.3. The minimum atomic E-state index is -0.426. The van der Waals surface area contributed by atoms with Gasteiger partial charge >= 0.3 is 0 Å². The number of carbonyl (C=O) groups is 1. The van der Waals surface area contributed by atoms with Crippen LogP contribution in [-0.2, 0) is 16.6 Å². The standard InChI is InChI=1S/C35H55N3O3/c1-22-10-13-35(30(41)38(16-18-39)17-19-40)15-14-33(6)25(28(35)23(22)2)8-9-27-32(5)20-24-21-36-37-29(24)31(3,4)26(32)11-12-34(27,33)7/h8,21-23,26-28,39-40H,9-20H2,1-7H3,(H,36,37)/t22-,23+,26+,27-,28+,32+,33-,34-,35+/m1/s1. The summed E-state index contributed by atoms with van der Waals surface area (Å²) in [5, 5.41) is 27.5. The van der Waals surface area contributed by atoms with Crippen molar-refractivity contribution in [2.24, 2.45) is 51.2 Å². The molecular weight excluding hydrogens is 510 g/mol. The highest BCUT2D eigenvalue weighted by atomic mass is 16.3. The molecule has 1 amide bonds. The van der Waals surface area contributed by atoms with Crippen molar-refractivity contribution in [3.8, 4) is 0 Å². The van der Waals surface area contributed by atoms with Crippen molar-refractivity contribution in [3.63, 3.8) is 0 Å². The first-order valence-electron chi connectivity index (χ1n) is 16.6. The van der Waals surface area contributed by atoms with Crippen LogP contribution in [0.1, 0.15) is 105 Å². The van der Waals surface area contributed by atoms with Gasteiger partial charge in [-0.15, -0.1) is 0 Å². The van der Waals surface area contributed by atoms with Crippen LogP contribution in [0, 0.1) is 51.2 Å². The molecule has 6 heteroatoms. The Balaban J connectivity index is 1.44. The van der Waals surface area contributed by atoms with E-state index in [4.69, 9.17) is 0 Å². The summed E-state index contributed by atoms with van der Waals surface area (Å²) in [5.74, 6) is 2.61. The molecule has 6 nitrogen and oxygen atoms in total. The van der Waals surface area contributed by atoms with Crippen molar-refractivity contribution in [2.75, 3.05) is 26.3 Å². The zero-order valence-electron chi connectivity index (χ0n) is 26.7. The summed E-state index contributed by atoms with van der Waals surface area (Å²) in [6, 6.07) is 0. The number of amides is 1. The van der Waals surface area contributed by atoms with Crippen LogP contribution >= 0.6 is 0 Å². The quantitative estimate of drug-likeness (QED) is 0.388.